The van der Waals surface area contributed by atoms with Gasteiger partial charge in [-0.25, -0.2) is 0 Å². The highest BCUT2D eigenvalue weighted by Gasteiger charge is 2.56. The molecule has 3 N–H and O–H groups in total. The molecule has 0 heterocycles. The summed E-state index contributed by atoms with van der Waals surface area (Å²) in [5.74, 6) is 2.07. The molecule has 0 aromatic rings. The first-order valence-electron chi connectivity index (χ1n) is 7.26. The number of nitrogens with one attached hydrogen (secondary N) is 1. The zero-order valence-electron chi connectivity index (χ0n) is 10.6. The van der Waals surface area contributed by atoms with Crippen LogP contribution in [0, 0.1) is 17.8 Å². The largest absolute Gasteiger partial charge is 0.354 e. The zero-order valence-corrected chi connectivity index (χ0v) is 10.6. The molecule has 3 aliphatic carbocycles. The quantitative estimate of drug-likeness (QED) is 0.785. The molecule has 3 heteroatoms. The third-order valence-corrected chi connectivity index (χ3v) is 5.17. The summed E-state index contributed by atoms with van der Waals surface area (Å²) in [5, 5.41) is 3.12. The number of rotatable bonds is 3. The lowest BCUT2D eigenvalue weighted by Crippen LogP contribution is -2.51. The maximum Gasteiger partial charge on any atom is 0.223 e. The number of carbonyl (C=O) groups is 1. The van der Waals surface area contributed by atoms with Crippen LogP contribution in [0.25, 0.3) is 0 Å². The minimum atomic E-state index is -0.113. The van der Waals surface area contributed by atoms with E-state index in [1.165, 1.54) is 38.5 Å². The first-order chi connectivity index (χ1) is 8.20. The molecule has 2 atom stereocenters. The molecule has 96 valence electrons. The van der Waals surface area contributed by atoms with Crippen LogP contribution >= 0.6 is 0 Å². The van der Waals surface area contributed by atoms with Gasteiger partial charge in [0.1, 0.15) is 0 Å². The van der Waals surface area contributed by atoms with Gasteiger partial charge in [0, 0.05) is 18.0 Å². The molecule has 3 rings (SSSR count). The molecule has 0 aliphatic heterocycles. The van der Waals surface area contributed by atoms with E-state index in [9.17, 15) is 4.79 Å². The van der Waals surface area contributed by atoms with Crippen LogP contribution in [-0.2, 0) is 4.79 Å². The fourth-order valence-corrected chi connectivity index (χ4v) is 4.02. The monoisotopic (exact) mass is 236 g/mol. The summed E-state index contributed by atoms with van der Waals surface area (Å²) in [7, 11) is 0. The van der Waals surface area contributed by atoms with Gasteiger partial charge in [0.05, 0.1) is 0 Å². The van der Waals surface area contributed by atoms with E-state index < -0.39 is 0 Å². The molecule has 3 fully saturated rings. The number of amides is 1. The normalized spacial score (nSPS) is 38.5. The van der Waals surface area contributed by atoms with E-state index in [0.29, 0.717) is 12.5 Å². The Labute approximate surface area is 104 Å². The van der Waals surface area contributed by atoms with Crippen molar-refractivity contribution in [2.45, 2.75) is 56.9 Å². The third kappa shape index (κ3) is 2.22. The minimum Gasteiger partial charge on any atom is -0.354 e. The smallest absolute Gasteiger partial charge is 0.223 e. The van der Waals surface area contributed by atoms with Crippen LogP contribution in [0.15, 0.2) is 0 Å². The van der Waals surface area contributed by atoms with E-state index in [4.69, 9.17) is 5.73 Å². The molecule has 0 bridgehead atoms. The van der Waals surface area contributed by atoms with E-state index in [-0.39, 0.29) is 11.4 Å². The summed E-state index contributed by atoms with van der Waals surface area (Å²) in [6.07, 6.45) is 9.78. The van der Waals surface area contributed by atoms with E-state index in [1.54, 1.807) is 0 Å². The maximum atomic E-state index is 12.0. The first-order valence-corrected chi connectivity index (χ1v) is 7.26. The Morgan fingerprint density at radius 2 is 1.76 bits per heavy atom. The predicted molar refractivity (Wildman–Crippen MR) is 67.3 cm³/mol. The van der Waals surface area contributed by atoms with Gasteiger partial charge in [0.2, 0.25) is 5.91 Å². The van der Waals surface area contributed by atoms with Crippen LogP contribution in [0.3, 0.4) is 0 Å². The van der Waals surface area contributed by atoms with E-state index >= 15 is 0 Å². The summed E-state index contributed by atoms with van der Waals surface area (Å²) in [6, 6.07) is 0. The Kier molecular flexibility index (Phi) is 2.89. The summed E-state index contributed by atoms with van der Waals surface area (Å²) in [6.45, 7) is 0.696. The van der Waals surface area contributed by atoms with Gasteiger partial charge in [0.15, 0.2) is 0 Å². The average molecular weight is 236 g/mol. The molecule has 3 aliphatic rings. The number of nitrogens with two attached hydrogens (primary N) is 1. The topological polar surface area (TPSA) is 55.1 Å². The lowest BCUT2D eigenvalue weighted by molar-refractivity contribution is -0.123. The van der Waals surface area contributed by atoms with Crippen LogP contribution in [0.1, 0.15) is 51.4 Å². The fraction of sp³-hybridized carbons (Fsp3) is 0.929. The molecule has 0 aromatic carbocycles. The number of hydrogen-bond acceptors (Lipinski definition) is 2. The number of fused-ring (bicyclic) bond motifs is 1. The van der Waals surface area contributed by atoms with Crippen molar-refractivity contribution in [3.8, 4) is 0 Å². The summed E-state index contributed by atoms with van der Waals surface area (Å²) < 4.78 is 0. The standard InChI is InChI=1S/C14H24N2O/c15-14(7-2-1-3-8-14)9-16-13(17)12-10-5-4-6-11(10)12/h10-12H,1-9,15H2,(H,16,17). The highest BCUT2D eigenvalue weighted by molar-refractivity contribution is 5.82. The second kappa shape index (κ2) is 4.27. The molecule has 17 heavy (non-hydrogen) atoms. The molecule has 1 amide bonds. The molecule has 3 nitrogen and oxygen atoms in total. The highest BCUT2D eigenvalue weighted by atomic mass is 16.2. The molecule has 0 aromatic heterocycles. The number of hydrogen-bond donors (Lipinski definition) is 2. The first kappa shape index (κ1) is 11.5. The summed E-state index contributed by atoms with van der Waals surface area (Å²) in [5.41, 5.74) is 6.22. The minimum absolute atomic E-state index is 0.113. The molecular formula is C14H24N2O. The van der Waals surface area contributed by atoms with Gasteiger partial charge < -0.3 is 11.1 Å². The predicted octanol–water partition coefficient (Wildman–Crippen LogP) is 1.81. The van der Waals surface area contributed by atoms with E-state index in [1.807, 2.05) is 0 Å². The molecule has 0 radical (unpaired) electrons. The van der Waals surface area contributed by atoms with Crippen LogP contribution < -0.4 is 11.1 Å². The van der Waals surface area contributed by atoms with Crippen LogP contribution in [0.5, 0.6) is 0 Å². The van der Waals surface area contributed by atoms with E-state index in [2.05, 4.69) is 5.32 Å². The molecular weight excluding hydrogens is 212 g/mol. The van der Waals surface area contributed by atoms with Gasteiger partial charge in [0.25, 0.3) is 0 Å². The second-order valence-corrected chi connectivity index (χ2v) is 6.43. The highest BCUT2D eigenvalue weighted by Crippen LogP contribution is 2.57. The summed E-state index contributed by atoms with van der Waals surface area (Å²) in [4.78, 5) is 12.0. The van der Waals surface area contributed by atoms with Crippen molar-refractivity contribution in [3.05, 3.63) is 0 Å². The van der Waals surface area contributed by atoms with Gasteiger partial charge >= 0.3 is 0 Å². The third-order valence-electron chi connectivity index (χ3n) is 5.17. The van der Waals surface area contributed by atoms with Crippen molar-refractivity contribution >= 4 is 5.91 Å². The van der Waals surface area contributed by atoms with E-state index in [0.717, 1.165) is 24.7 Å². The Morgan fingerprint density at radius 1 is 1.12 bits per heavy atom. The molecule has 0 saturated heterocycles. The fourth-order valence-electron chi connectivity index (χ4n) is 4.02. The van der Waals surface area contributed by atoms with Gasteiger partial charge in [-0.3, -0.25) is 4.79 Å². The SMILES string of the molecule is NC1(CNC(=O)C2C3CCCC32)CCCCC1. The zero-order chi connectivity index (χ0) is 11.9. The lowest BCUT2D eigenvalue weighted by Gasteiger charge is -2.33. The van der Waals surface area contributed by atoms with Crippen molar-refractivity contribution in [1.29, 1.82) is 0 Å². The van der Waals surface area contributed by atoms with Gasteiger partial charge in [-0.2, -0.15) is 0 Å². The van der Waals surface area contributed by atoms with Crippen molar-refractivity contribution in [1.82, 2.24) is 5.32 Å². The van der Waals surface area contributed by atoms with Gasteiger partial charge in [-0.1, -0.05) is 25.7 Å². The Hall–Kier alpha value is -0.570. The molecule has 0 spiro atoms. The Morgan fingerprint density at radius 3 is 2.41 bits per heavy atom. The number of carbonyl (C=O) groups excluding carboxylic acids is 1. The van der Waals surface area contributed by atoms with Crippen LogP contribution in [0.2, 0.25) is 0 Å². The summed E-state index contributed by atoms with van der Waals surface area (Å²) >= 11 is 0. The van der Waals surface area contributed by atoms with Gasteiger partial charge in [-0.15, -0.1) is 0 Å². The maximum absolute atomic E-state index is 12.0. The Balaban J connectivity index is 1.46. The average Bonchev–Trinajstić information content (AvgIpc) is 2.81. The lowest BCUT2D eigenvalue weighted by atomic mass is 9.82. The molecule has 3 saturated carbocycles. The van der Waals surface area contributed by atoms with Crippen molar-refractivity contribution < 1.29 is 4.79 Å². The van der Waals surface area contributed by atoms with Crippen molar-refractivity contribution in [3.63, 3.8) is 0 Å². The Bertz CT molecular complexity index is 299. The van der Waals surface area contributed by atoms with Crippen molar-refractivity contribution in [2.24, 2.45) is 23.5 Å². The van der Waals surface area contributed by atoms with Crippen LogP contribution in [-0.4, -0.2) is 18.0 Å². The molecule has 2 unspecified atom stereocenters. The van der Waals surface area contributed by atoms with Gasteiger partial charge in [-0.05, 0) is 37.5 Å². The second-order valence-electron chi connectivity index (χ2n) is 6.43. The van der Waals surface area contributed by atoms with Crippen molar-refractivity contribution in [2.75, 3.05) is 6.54 Å². The van der Waals surface area contributed by atoms with Crippen LogP contribution in [0.4, 0.5) is 0 Å².